The standard InChI is InChI=1S/C19H17ClFN3OS/c1-12-3-2-4-16-17(12)22-19(26-16)24-9-7-23(8-10-24)18(25)14-6-5-13(21)11-15(14)20/h2-6,11H,7-10H2,1H3. The molecule has 1 aliphatic heterocycles. The van der Waals surface area contributed by atoms with E-state index in [1.807, 2.05) is 6.07 Å². The first-order valence-electron chi connectivity index (χ1n) is 8.38. The molecule has 0 atom stereocenters. The molecule has 1 amide bonds. The second-order valence-electron chi connectivity index (χ2n) is 6.32. The van der Waals surface area contributed by atoms with Gasteiger partial charge in [0.1, 0.15) is 5.82 Å². The number of carbonyl (C=O) groups is 1. The quantitative estimate of drug-likeness (QED) is 0.653. The molecular weight excluding hydrogens is 373 g/mol. The Hall–Kier alpha value is -2.18. The Morgan fingerprint density at radius 3 is 2.65 bits per heavy atom. The first-order chi connectivity index (χ1) is 12.5. The highest BCUT2D eigenvalue weighted by Gasteiger charge is 2.25. The zero-order chi connectivity index (χ0) is 18.3. The zero-order valence-corrected chi connectivity index (χ0v) is 15.8. The fourth-order valence-electron chi connectivity index (χ4n) is 3.14. The van der Waals surface area contributed by atoms with Crippen LogP contribution in [-0.4, -0.2) is 42.0 Å². The molecule has 3 aromatic rings. The molecule has 0 saturated carbocycles. The van der Waals surface area contributed by atoms with E-state index in [-0.39, 0.29) is 10.9 Å². The maximum Gasteiger partial charge on any atom is 0.255 e. The van der Waals surface area contributed by atoms with Gasteiger partial charge in [-0.3, -0.25) is 4.79 Å². The van der Waals surface area contributed by atoms with E-state index in [2.05, 4.69) is 24.0 Å². The Morgan fingerprint density at radius 2 is 1.96 bits per heavy atom. The highest BCUT2D eigenvalue weighted by atomic mass is 35.5. The molecule has 0 unspecified atom stereocenters. The molecule has 4 nitrogen and oxygen atoms in total. The van der Waals surface area contributed by atoms with Crippen molar-refractivity contribution in [2.24, 2.45) is 0 Å². The van der Waals surface area contributed by atoms with E-state index < -0.39 is 5.82 Å². The summed E-state index contributed by atoms with van der Waals surface area (Å²) in [5.41, 5.74) is 2.56. The lowest BCUT2D eigenvalue weighted by atomic mass is 10.1. The Morgan fingerprint density at radius 1 is 1.19 bits per heavy atom. The minimum atomic E-state index is -0.442. The molecule has 7 heteroatoms. The number of hydrogen-bond donors (Lipinski definition) is 0. The van der Waals surface area contributed by atoms with Gasteiger partial charge in [-0.15, -0.1) is 0 Å². The van der Waals surface area contributed by atoms with Crippen molar-refractivity contribution in [2.75, 3.05) is 31.1 Å². The lowest BCUT2D eigenvalue weighted by Crippen LogP contribution is -2.48. The second kappa shape index (κ2) is 6.85. The number of rotatable bonds is 2. The largest absolute Gasteiger partial charge is 0.345 e. The minimum absolute atomic E-state index is 0.152. The number of carbonyl (C=O) groups excluding carboxylic acids is 1. The average molecular weight is 390 g/mol. The van der Waals surface area contributed by atoms with Crippen LogP contribution in [0, 0.1) is 12.7 Å². The number of thiazole rings is 1. The molecule has 0 aliphatic carbocycles. The fraction of sp³-hybridized carbons (Fsp3) is 0.263. The summed E-state index contributed by atoms with van der Waals surface area (Å²) < 4.78 is 14.4. The maximum atomic E-state index is 13.2. The number of halogens is 2. The Labute approximate surface area is 159 Å². The molecule has 1 aromatic heterocycles. The van der Waals surface area contributed by atoms with Gasteiger partial charge in [0.05, 0.1) is 20.8 Å². The molecular formula is C19H17ClFN3OS. The fourth-order valence-corrected chi connectivity index (χ4v) is 4.49. The van der Waals surface area contributed by atoms with Crippen molar-refractivity contribution in [3.63, 3.8) is 0 Å². The second-order valence-corrected chi connectivity index (χ2v) is 7.74. The van der Waals surface area contributed by atoms with Crippen LogP contribution < -0.4 is 4.90 Å². The van der Waals surface area contributed by atoms with Gasteiger partial charge in [-0.05, 0) is 36.8 Å². The summed E-state index contributed by atoms with van der Waals surface area (Å²) in [6, 6.07) is 10.1. The normalized spacial score (nSPS) is 14.9. The van der Waals surface area contributed by atoms with Gasteiger partial charge in [-0.1, -0.05) is 35.1 Å². The van der Waals surface area contributed by atoms with Crippen molar-refractivity contribution in [1.29, 1.82) is 0 Å². The molecule has 0 N–H and O–H groups in total. The molecule has 0 spiro atoms. The van der Waals surface area contributed by atoms with Crippen LogP contribution in [0.4, 0.5) is 9.52 Å². The number of anilines is 1. The minimum Gasteiger partial charge on any atom is -0.345 e. The number of para-hydroxylation sites is 1. The average Bonchev–Trinajstić information content (AvgIpc) is 3.07. The maximum absolute atomic E-state index is 13.2. The van der Waals surface area contributed by atoms with Crippen LogP contribution in [0.15, 0.2) is 36.4 Å². The van der Waals surface area contributed by atoms with Crippen LogP contribution in [-0.2, 0) is 0 Å². The number of benzene rings is 2. The van der Waals surface area contributed by atoms with Crippen molar-refractivity contribution in [2.45, 2.75) is 6.92 Å². The summed E-state index contributed by atoms with van der Waals surface area (Å²) in [4.78, 5) is 21.4. The van der Waals surface area contributed by atoms with Crippen LogP contribution in [0.2, 0.25) is 5.02 Å². The topological polar surface area (TPSA) is 36.4 Å². The SMILES string of the molecule is Cc1cccc2sc(N3CCN(C(=O)c4ccc(F)cc4Cl)CC3)nc12. The van der Waals surface area contributed by atoms with Gasteiger partial charge in [0.25, 0.3) is 5.91 Å². The summed E-state index contributed by atoms with van der Waals surface area (Å²) in [6.07, 6.45) is 0. The number of aromatic nitrogens is 1. The molecule has 4 rings (SSSR count). The van der Waals surface area contributed by atoms with Gasteiger partial charge < -0.3 is 9.80 Å². The van der Waals surface area contributed by atoms with E-state index in [0.29, 0.717) is 31.7 Å². The number of hydrogen-bond acceptors (Lipinski definition) is 4. The highest BCUT2D eigenvalue weighted by Crippen LogP contribution is 2.31. The van der Waals surface area contributed by atoms with Crippen molar-refractivity contribution in [3.8, 4) is 0 Å². The van der Waals surface area contributed by atoms with Gasteiger partial charge in [0.15, 0.2) is 5.13 Å². The Kier molecular flexibility index (Phi) is 4.54. The third-order valence-corrected chi connectivity index (χ3v) is 6.00. The molecule has 1 aliphatic rings. The summed E-state index contributed by atoms with van der Waals surface area (Å²) >= 11 is 7.70. The van der Waals surface area contributed by atoms with Gasteiger partial charge in [-0.25, -0.2) is 9.37 Å². The lowest BCUT2D eigenvalue weighted by molar-refractivity contribution is 0.0747. The zero-order valence-electron chi connectivity index (χ0n) is 14.2. The summed E-state index contributed by atoms with van der Waals surface area (Å²) in [5, 5.41) is 1.14. The van der Waals surface area contributed by atoms with Crippen LogP contribution in [0.5, 0.6) is 0 Å². The van der Waals surface area contributed by atoms with Crippen LogP contribution in [0.1, 0.15) is 15.9 Å². The van der Waals surface area contributed by atoms with Crippen molar-refractivity contribution >= 4 is 44.2 Å². The molecule has 134 valence electrons. The summed E-state index contributed by atoms with van der Waals surface area (Å²) in [7, 11) is 0. The molecule has 1 saturated heterocycles. The number of piperazine rings is 1. The molecule has 2 aromatic carbocycles. The van der Waals surface area contributed by atoms with E-state index in [9.17, 15) is 9.18 Å². The predicted molar refractivity (Wildman–Crippen MR) is 104 cm³/mol. The van der Waals surface area contributed by atoms with E-state index in [0.717, 1.165) is 10.6 Å². The number of fused-ring (bicyclic) bond motifs is 1. The first kappa shape index (κ1) is 17.2. The van der Waals surface area contributed by atoms with Crippen LogP contribution >= 0.6 is 22.9 Å². The monoisotopic (exact) mass is 389 g/mol. The smallest absolute Gasteiger partial charge is 0.255 e. The number of nitrogens with zero attached hydrogens (tertiary/aromatic N) is 3. The van der Waals surface area contributed by atoms with Gasteiger partial charge >= 0.3 is 0 Å². The van der Waals surface area contributed by atoms with Crippen molar-refractivity contribution in [1.82, 2.24) is 9.88 Å². The van der Waals surface area contributed by atoms with Gasteiger partial charge in [-0.2, -0.15) is 0 Å². The molecule has 0 bridgehead atoms. The highest BCUT2D eigenvalue weighted by molar-refractivity contribution is 7.22. The van der Waals surface area contributed by atoms with E-state index in [4.69, 9.17) is 16.6 Å². The first-order valence-corrected chi connectivity index (χ1v) is 9.58. The van der Waals surface area contributed by atoms with E-state index in [1.165, 1.54) is 28.5 Å². The number of amides is 1. The Balaban J connectivity index is 1.48. The Bertz CT molecular complexity index is 982. The lowest BCUT2D eigenvalue weighted by Gasteiger charge is -2.34. The molecule has 0 radical (unpaired) electrons. The molecule has 26 heavy (non-hydrogen) atoms. The summed E-state index contributed by atoms with van der Waals surface area (Å²) in [5.74, 6) is -0.600. The number of aryl methyl sites for hydroxylation is 1. The molecule has 1 fully saturated rings. The van der Waals surface area contributed by atoms with Crippen LogP contribution in [0.25, 0.3) is 10.2 Å². The summed E-state index contributed by atoms with van der Waals surface area (Å²) in [6.45, 7) is 4.66. The third-order valence-electron chi connectivity index (χ3n) is 4.61. The van der Waals surface area contributed by atoms with E-state index in [1.54, 1.807) is 16.2 Å². The van der Waals surface area contributed by atoms with Gasteiger partial charge in [0, 0.05) is 26.2 Å². The molecule has 2 heterocycles. The van der Waals surface area contributed by atoms with Crippen molar-refractivity contribution in [3.05, 3.63) is 58.4 Å². The third kappa shape index (κ3) is 3.15. The van der Waals surface area contributed by atoms with Crippen molar-refractivity contribution < 1.29 is 9.18 Å². The predicted octanol–water partition coefficient (Wildman–Crippen LogP) is 4.36. The van der Waals surface area contributed by atoms with E-state index >= 15 is 0 Å². The van der Waals surface area contributed by atoms with Crippen LogP contribution in [0.3, 0.4) is 0 Å². The van der Waals surface area contributed by atoms with Gasteiger partial charge in [0.2, 0.25) is 0 Å².